The van der Waals surface area contributed by atoms with Gasteiger partial charge in [-0.1, -0.05) is 12.1 Å². The van der Waals surface area contributed by atoms with Crippen molar-refractivity contribution in [3.05, 3.63) is 75.8 Å². The summed E-state index contributed by atoms with van der Waals surface area (Å²) in [6.07, 6.45) is 5.72. The molecule has 5 nitrogen and oxygen atoms in total. The monoisotopic (exact) mass is 335 g/mol. The van der Waals surface area contributed by atoms with Crippen molar-refractivity contribution in [1.82, 2.24) is 15.3 Å². The fraction of sp³-hybridized carbons (Fsp3) is 0.250. The first-order valence-electron chi connectivity index (χ1n) is 8.40. The summed E-state index contributed by atoms with van der Waals surface area (Å²) in [6, 6.07) is 11.5. The Morgan fingerprint density at radius 3 is 2.88 bits per heavy atom. The molecule has 0 unspecified atom stereocenters. The zero-order valence-corrected chi connectivity index (χ0v) is 14.2. The zero-order valence-electron chi connectivity index (χ0n) is 14.2. The summed E-state index contributed by atoms with van der Waals surface area (Å²) >= 11 is 0. The summed E-state index contributed by atoms with van der Waals surface area (Å²) in [4.78, 5) is 30.6. The van der Waals surface area contributed by atoms with E-state index in [1.807, 2.05) is 42.6 Å². The molecular weight excluding hydrogens is 314 g/mol. The number of hydrogen-bond acceptors (Lipinski definition) is 3. The molecule has 0 saturated heterocycles. The van der Waals surface area contributed by atoms with Gasteiger partial charge in [0.15, 0.2) is 0 Å². The van der Waals surface area contributed by atoms with Crippen molar-refractivity contribution in [2.45, 2.75) is 26.2 Å². The van der Waals surface area contributed by atoms with E-state index in [1.54, 1.807) is 13.1 Å². The molecule has 0 spiro atoms. The van der Waals surface area contributed by atoms with Crippen LogP contribution in [-0.4, -0.2) is 22.4 Å². The number of aromatic nitrogens is 2. The Bertz CT molecular complexity index is 933. The summed E-state index contributed by atoms with van der Waals surface area (Å²) in [5, 5.41) is 3.90. The number of aromatic amines is 1. The van der Waals surface area contributed by atoms with Crippen molar-refractivity contribution in [2.75, 3.05) is 6.54 Å². The van der Waals surface area contributed by atoms with E-state index in [-0.39, 0.29) is 11.5 Å². The minimum Gasteiger partial charge on any atom is -0.356 e. The van der Waals surface area contributed by atoms with Crippen molar-refractivity contribution < 1.29 is 4.79 Å². The molecule has 0 fully saturated rings. The summed E-state index contributed by atoms with van der Waals surface area (Å²) < 4.78 is 0. The first kappa shape index (κ1) is 16.9. The highest BCUT2D eigenvalue weighted by molar-refractivity contribution is 5.83. The highest BCUT2D eigenvalue weighted by Gasteiger charge is 2.05. The van der Waals surface area contributed by atoms with Gasteiger partial charge in [-0.2, -0.15) is 0 Å². The Morgan fingerprint density at radius 1 is 1.20 bits per heavy atom. The second-order valence-electron chi connectivity index (χ2n) is 6.19. The zero-order chi connectivity index (χ0) is 17.6. The second kappa shape index (κ2) is 7.75. The number of rotatable bonds is 6. The second-order valence-corrected chi connectivity index (χ2v) is 6.19. The molecule has 2 heterocycles. The fourth-order valence-electron chi connectivity index (χ4n) is 2.79. The van der Waals surface area contributed by atoms with E-state index in [1.165, 1.54) is 5.56 Å². The van der Waals surface area contributed by atoms with Gasteiger partial charge >= 0.3 is 0 Å². The number of fused-ring (bicyclic) bond motifs is 1. The van der Waals surface area contributed by atoms with E-state index in [0.29, 0.717) is 18.5 Å². The summed E-state index contributed by atoms with van der Waals surface area (Å²) in [5.74, 6) is 0.00619. The number of amides is 1. The van der Waals surface area contributed by atoms with Crippen LogP contribution < -0.4 is 10.9 Å². The minimum absolute atomic E-state index is 0.00619. The third-order valence-corrected chi connectivity index (χ3v) is 4.15. The fourth-order valence-corrected chi connectivity index (χ4v) is 2.79. The number of benzene rings is 1. The molecule has 0 aliphatic heterocycles. The lowest BCUT2D eigenvalue weighted by molar-refractivity contribution is -0.120. The predicted octanol–water partition coefficient (Wildman–Crippen LogP) is 2.52. The van der Waals surface area contributed by atoms with Gasteiger partial charge in [0.2, 0.25) is 5.91 Å². The number of carbonyl (C=O) groups excluding carboxylic acids is 1. The van der Waals surface area contributed by atoms with Crippen LogP contribution in [0.25, 0.3) is 10.9 Å². The Morgan fingerprint density at radius 2 is 2.08 bits per heavy atom. The molecule has 3 aromatic rings. The Hall–Kier alpha value is -2.95. The Labute approximate surface area is 146 Å². The van der Waals surface area contributed by atoms with Crippen LogP contribution in [0.15, 0.2) is 53.6 Å². The van der Waals surface area contributed by atoms with E-state index >= 15 is 0 Å². The number of nitrogens with one attached hydrogen (secondary N) is 2. The van der Waals surface area contributed by atoms with Crippen LogP contribution in [-0.2, 0) is 17.6 Å². The van der Waals surface area contributed by atoms with Gasteiger partial charge in [0, 0.05) is 30.0 Å². The quantitative estimate of drug-likeness (QED) is 0.680. The molecule has 0 radical (unpaired) electrons. The minimum atomic E-state index is -0.0772. The van der Waals surface area contributed by atoms with Crippen LogP contribution in [0.2, 0.25) is 0 Å². The average Bonchev–Trinajstić information content (AvgIpc) is 2.61. The lowest BCUT2D eigenvalue weighted by Gasteiger charge is -2.07. The number of hydrogen-bond donors (Lipinski definition) is 2. The molecule has 2 aromatic heterocycles. The number of aryl methyl sites for hydroxylation is 2. The Balaban J connectivity index is 1.53. The molecule has 0 bridgehead atoms. The van der Waals surface area contributed by atoms with Crippen LogP contribution in [0, 0.1) is 6.92 Å². The van der Waals surface area contributed by atoms with Crippen molar-refractivity contribution in [3.63, 3.8) is 0 Å². The van der Waals surface area contributed by atoms with Gasteiger partial charge in [-0.05, 0) is 60.5 Å². The molecule has 2 N–H and O–H groups in total. The highest BCUT2D eigenvalue weighted by atomic mass is 16.1. The lowest BCUT2D eigenvalue weighted by Crippen LogP contribution is -2.26. The Kier molecular flexibility index (Phi) is 5.23. The van der Waals surface area contributed by atoms with Gasteiger partial charge in [-0.3, -0.25) is 14.6 Å². The molecular formula is C20H21N3O2. The largest absolute Gasteiger partial charge is 0.356 e. The van der Waals surface area contributed by atoms with Crippen molar-refractivity contribution in [1.29, 1.82) is 0 Å². The average molecular weight is 335 g/mol. The van der Waals surface area contributed by atoms with Crippen LogP contribution >= 0.6 is 0 Å². The highest BCUT2D eigenvalue weighted by Crippen LogP contribution is 2.14. The molecule has 0 aliphatic rings. The van der Waals surface area contributed by atoms with Gasteiger partial charge in [-0.25, -0.2) is 0 Å². The molecule has 25 heavy (non-hydrogen) atoms. The van der Waals surface area contributed by atoms with E-state index in [2.05, 4.69) is 15.3 Å². The van der Waals surface area contributed by atoms with Crippen LogP contribution in [0.1, 0.15) is 23.1 Å². The van der Waals surface area contributed by atoms with Gasteiger partial charge < -0.3 is 10.3 Å². The molecule has 0 atom stereocenters. The third-order valence-electron chi connectivity index (χ3n) is 4.15. The van der Waals surface area contributed by atoms with Gasteiger partial charge in [0.05, 0.1) is 6.42 Å². The SMILES string of the molecule is Cc1cc2cc(CC(=O)NCCCc3cccnc3)ccc2[nH]c1=O. The number of pyridine rings is 2. The maximum atomic E-state index is 12.1. The van der Waals surface area contributed by atoms with Crippen molar-refractivity contribution in [2.24, 2.45) is 0 Å². The van der Waals surface area contributed by atoms with Crippen LogP contribution in [0.4, 0.5) is 0 Å². The summed E-state index contributed by atoms with van der Waals surface area (Å²) in [5.41, 5.74) is 3.49. The number of nitrogens with zero attached hydrogens (tertiary/aromatic N) is 1. The molecule has 1 amide bonds. The molecule has 0 aliphatic carbocycles. The normalized spacial score (nSPS) is 10.8. The van der Waals surface area contributed by atoms with Crippen LogP contribution in [0.5, 0.6) is 0 Å². The molecule has 3 rings (SSSR count). The predicted molar refractivity (Wildman–Crippen MR) is 98.6 cm³/mol. The third kappa shape index (κ3) is 4.53. The maximum Gasteiger partial charge on any atom is 0.251 e. The topological polar surface area (TPSA) is 74.8 Å². The van der Waals surface area contributed by atoms with E-state index in [4.69, 9.17) is 0 Å². The summed E-state index contributed by atoms with van der Waals surface area (Å²) in [7, 11) is 0. The molecule has 128 valence electrons. The summed E-state index contributed by atoms with van der Waals surface area (Å²) in [6.45, 7) is 2.42. The number of carbonyl (C=O) groups is 1. The molecule has 1 aromatic carbocycles. The van der Waals surface area contributed by atoms with Crippen LogP contribution in [0.3, 0.4) is 0 Å². The van der Waals surface area contributed by atoms with Crippen molar-refractivity contribution >= 4 is 16.8 Å². The first-order valence-corrected chi connectivity index (χ1v) is 8.40. The standard InChI is InChI=1S/C20H21N3O2/c1-14-10-17-11-16(6-7-18(17)23-20(14)25)12-19(24)22-9-3-5-15-4-2-8-21-13-15/h2,4,6-8,10-11,13H,3,5,9,12H2,1H3,(H,22,24)(H,23,25). The maximum absolute atomic E-state index is 12.1. The smallest absolute Gasteiger partial charge is 0.251 e. The van der Waals surface area contributed by atoms with Gasteiger partial charge in [0.25, 0.3) is 5.56 Å². The lowest BCUT2D eigenvalue weighted by atomic mass is 10.1. The molecule has 5 heteroatoms. The molecule has 0 saturated carbocycles. The van der Waals surface area contributed by atoms with E-state index in [0.717, 1.165) is 29.3 Å². The van der Waals surface area contributed by atoms with Crippen molar-refractivity contribution in [3.8, 4) is 0 Å². The van der Waals surface area contributed by atoms with Gasteiger partial charge in [-0.15, -0.1) is 0 Å². The number of H-pyrrole nitrogens is 1. The van der Waals surface area contributed by atoms with E-state index < -0.39 is 0 Å². The first-order chi connectivity index (χ1) is 12.1. The van der Waals surface area contributed by atoms with E-state index in [9.17, 15) is 9.59 Å². The van der Waals surface area contributed by atoms with Gasteiger partial charge in [0.1, 0.15) is 0 Å².